The first-order valence-electron chi connectivity index (χ1n) is 6.80. The molecule has 0 bridgehead atoms. The van der Waals surface area contributed by atoms with E-state index in [1.165, 1.54) is 12.1 Å². The van der Waals surface area contributed by atoms with Crippen molar-refractivity contribution in [2.45, 2.75) is 26.2 Å². The average Bonchev–Trinajstić information content (AvgIpc) is 2.94. The predicted molar refractivity (Wildman–Crippen MR) is 75.4 cm³/mol. The largest absolute Gasteiger partial charge is 0.351 e. The lowest BCUT2D eigenvalue weighted by Gasteiger charge is -2.02. The lowest BCUT2D eigenvalue weighted by atomic mass is 10.2. The third-order valence-electron chi connectivity index (χ3n) is 2.98. The molecule has 0 saturated heterocycles. The van der Waals surface area contributed by atoms with Crippen molar-refractivity contribution in [2.24, 2.45) is 0 Å². The Morgan fingerprint density at radius 2 is 2.00 bits per heavy atom. The molecule has 0 aliphatic rings. The molecule has 1 N–H and O–H groups in total. The molecule has 0 unspecified atom stereocenters. The van der Waals surface area contributed by atoms with Gasteiger partial charge in [-0.2, -0.15) is 5.10 Å². The van der Waals surface area contributed by atoms with Crippen LogP contribution in [0.3, 0.4) is 0 Å². The molecule has 4 nitrogen and oxygen atoms in total. The lowest BCUT2D eigenvalue weighted by Crippen LogP contribution is -2.25. The normalized spacial score (nSPS) is 10.5. The first-order valence-corrected chi connectivity index (χ1v) is 6.80. The standard InChI is InChI=1S/C15H18FN3O/c1-2-3-4-10-17-15(20)14-9-11-19(18-14)13-7-5-12(16)6-8-13/h5-9,11H,2-4,10H2,1H3,(H,17,20). The van der Waals surface area contributed by atoms with Gasteiger partial charge < -0.3 is 5.32 Å². The van der Waals surface area contributed by atoms with Gasteiger partial charge in [-0.15, -0.1) is 0 Å². The molecule has 2 rings (SSSR count). The third-order valence-corrected chi connectivity index (χ3v) is 2.98. The molecule has 106 valence electrons. The number of unbranched alkanes of at least 4 members (excludes halogenated alkanes) is 2. The summed E-state index contributed by atoms with van der Waals surface area (Å²) in [5.74, 6) is -0.475. The second-order valence-corrected chi connectivity index (χ2v) is 4.58. The maximum Gasteiger partial charge on any atom is 0.271 e. The predicted octanol–water partition coefficient (Wildman–Crippen LogP) is 2.93. The fourth-order valence-electron chi connectivity index (χ4n) is 1.85. The summed E-state index contributed by atoms with van der Waals surface area (Å²) in [6.45, 7) is 2.78. The van der Waals surface area contributed by atoms with E-state index < -0.39 is 0 Å². The first-order chi connectivity index (χ1) is 9.70. The van der Waals surface area contributed by atoms with Crippen LogP contribution in [0.15, 0.2) is 36.5 Å². The number of halogens is 1. The van der Waals surface area contributed by atoms with Crippen molar-refractivity contribution >= 4 is 5.91 Å². The first kappa shape index (κ1) is 14.2. The maximum atomic E-state index is 12.8. The molecule has 0 fully saturated rings. The zero-order chi connectivity index (χ0) is 14.4. The Hall–Kier alpha value is -2.17. The molecule has 1 heterocycles. The van der Waals surface area contributed by atoms with E-state index in [9.17, 15) is 9.18 Å². The van der Waals surface area contributed by atoms with Gasteiger partial charge in [0, 0.05) is 12.7 Å². The molecule has 1 amide bonds. The van der Waals surface area contributed by atoms with Crippen LogP contribution in [-0.4, -0.2) is 22.2 Å². The molecular formula is C15H18FN3O. The zero-order valence-corrected chi connectivity index (χ0v) is 11.5. The van der Waals surface area contributed by atoms with Crippen molar-refractivity contribution in [3.05, 3.63) is 48.0 Å². The fourth-order valence-corrected chi connectivity index (χ4v) is 1.85. The third kappa shape index (κ3) is 3.66. The van der Waals surface area contributed by atoms with Gasteiger partial charge in [-0.3, -0.25) is 4.79 Å². The van der Waals surface area contributed by atoms with Gasteiger partial charge in [0.15, 0.2) is 5.69 Å². The van der Waals surface area contributed by atoms with E-state index in [1.807, 2.05) is 0 Å². The van der Waals surface area contributed by atoms with Crippen LogP contribution >= 0.6 is 0 Å². The van der Waals surface area contributed by atoms with Crippen LogP contribution in [0.5, 0.6) is 0 Å². The maximum absolute atomic E-state index is 12.8. The van der Waals surface area contributed by atoms with Crippen molar-refractivity contribution in [3.63, 3.8) is 0 Å². The number of carbonyl (C=O) groups is 1. The summed E-state index contributed by atoms with van der Waals surface area (Å²) in [7, 11) is 0. The number of aromatic nitrogens is 2. The molecule has 0 atom stereocenters. The van der Waals surface area contributed by atoms with E-state index in [1.54, 1.807) is 29.1 Å². The highest BCUT2D eigenvalue weighted by atomic mass is 19.1. The minimum Gasteiger partial charge on any atom is -0.351 e. The van der Waals surface area contributed by atoms with Gasteiger partial charge >= 0.3 is 0 Å². The van der Waals surface area contributed by atoms with Crippen molar-refractivity contribution < 1.29 is 9.18 Å². The van der Waals surface area contributed by atoms with Crippen molar-refractivity contribution in [1.29, 1.82) is 0 Å². The van der Waals surface area contributed by atoms with E-state index in [-0.39, 0.29) is 11.7 Å². The van der Waals surface area contributed by atoms with Crippen molar-refractivity contribution in [3.8, 4) is 5.69 Å². The summed E-state index contributed by atoms with van der Waals surface area (Å²) in [4.78, 5) is 11.9. The molecule has 0 aliphatic heterocycles. The Labute approximate surface area is 117 Å². The van der Waals surface area contributed by atoms with Crippen LogP contribution in [0.1, 0.15) is 36.7 Å². The van der Waals surface area contributed by atoms with Gasteiger partial charge in [0.1, 0.15) is 5.82 Å². The monoisotopic (exact) mass is 275 g/mol. The number of nitrogens with zero attached hydrogens (tertiary/aromatic N) is 2. The number of benzene rings is 1. The summed E-state index contributed by atoms with van der Waals surface area (Å²) in [5, 5.41) is 7.02. The van der Waals surface area contributed by atoms with Crippen molar-refractivity contribution in [1.82, 2.24) is 15.1 Å². The van der Waals surface area contributed by atoms with E-state index in [0.717, 1.165) is 24.9 Å². The quantitative estimate of drug-likeness (QED) is 0.824. The molecule has 0 saturated carbocycles. The van der Waals surface area contributed by atoms with Gasteiger partial charge in [0.2, 0.25) is 0 Å². The summed E-state index contributed by atoms with van der Waals surface area (Å²) in [5.41, 5.74) is 1.09. The van der Waals surface area contributed by atoms with Gasteiger partial charge in [0.25, 0.3) is 5.91 Å². The lowest BCUT2D eigenvalue weighted by molar-refractivity contribution is 0.0947. The van der Waals surface area contributed by atoms with Crippen LogP contribution in [0, 0.1) is 5.82 Å². The number of hydrogen-bond donors (Lipinski definition) is 1. The molecule has 20 heavy (non-hydrogen) atoms. The topological polar surface area (TPSA) is 46.9 Å². The molecule has 2 aromatic rings. The summed E-state index contributed by atoms with van der Waals surface area (Å²) < 4.78 is 14.4. The Morgan fingerprint density at radius 1 is 1.25 bits per heavy atom. The SMILES string of the molecule is CCCCCNC(=O)c1ccn(-c2ccc(F)cc2)n1. The van der Waals surface area contributed by atoms with Crippen LogP contribution in [0.4, 0.5) is 4.39 Å². The number of hydrogen-bond acceptors (Lipinski definition) is 2. The number of carbonyl (C=O) groups excluding carboxylic acids is 1. The van der Waals surface area contributed by atoms with Crippen LogP contribution in [0.2, 0.25) is 0 Å². The summed E-state index contributed by atoms with van der Waals surface area (Å²) >= 11 is 0. The average molecular weight is 275 g/mol. The highest BCUT2D eigenvalue weighted by Crippen LogP contribution is 2.09. The number of rotatable bonds is 6. The molecule has 5 heteroatoms. The Kier molecular flexibility index (Phi) is 4.87. The molecule has 0 radical (unpaired) electrons. The highest BCUT2D eigenvalue weighted by Gasteiger charge is 2.09. The second-order valence-electron chi connectivity index (χ2n) is 4.58. The van der Waals surface area contributed by atoms with Gasteiger partial charge in [-0.05, 0) is 36.8 Å². The Morgan fingerprint density at radius 3 is 2.70 bits per heavy atom. The Bertz CT molecular complexity index is 563. The van der Waals surface area contributed by atoms with Crippen LogP contribution in [-0.2, 0) is 0 Å². The van der Waals surface area contributed by atoms with Gasteiger partial charge in [-0.1, -0.05) is 19.8 Å². The minimum absolute atomic E-state index is 0.179. The Balaban J connectivity index is 1.98. The molecular weight excluding hydrogens is 257 g/mol. The highest BCUT2D eigenvalue weighted by molar-refractivity contribution is 5.92. The van der Waals surface area contributed by atoms with E-state index in [0.29, 0.717) is 12.2 Å². The van der Waals surface area contributed by atoms with Crippen LogP contribution < -0.4 is 5.32 Å². The molecule has 1 aromatic heterocycles. The van der Waals surface area contributed by atoms with Gasteiger partial charge in [0.05, 0.1) is 5.69 Å². The molecule has 0 aliphatic carbocycles. The van der Waals surface area contributed by atoms with Crippen LogP contribution in [0.25, 0.3) is 5.69 Å². The van der Waals surface area contributed by atoms with E-state index in [2.05, 4.69) is 17.3 Å². The minimum atomic E-state index is -0.296. The number of nitrogens with one attached hydrogen (secondary N) is 1. The zero-order valence-electron chi connectivity index (χ0n) is 11.5. The van der Waals surface area contributed by atoms with Crippen molar-refractivity contribution in [2.75, 3.05) is 6.54 Å². The second kappa shape index (κ2) is 6.84. The van der Waals surface area contributed by atoms with E-state index >= 15 is 0 Å². The van der Waals surface area contributed by atoms with E-state index in [4.69, 9.17) is 0 Å². The van der Waals surface area contributed by atoms with Gasteiger partial charge in [-0.25, -0.2) is 9.07 Å². The molecule has 0 spiro atoms. The molecule has 1 aromatic carbocycles. The summed E-state index contributed by atoms with van der Waals surface area (Å²) in [6.07, 6.45) is 4.88. The fraction of sp³-hybridized carbons (Fsp3) is 0.333. The number of amides is 1. The smallest absolute Gasteiger partial charge is 0.271 e. The summed E-state index contributed by atoms with van der Waals surface area (Å²) in [6, 6.07) is 7.61.